The van der Waals surface area contributed by atoms with Crippen LogP contribution in [0, 0.1) is 0 Å². The molecule has 0 unspecified atom stereocenters. The summed E-state index contributed by atoms with van der Waals surface area (Å²) in [5.74, 6) is -1.77. The minimum absolute atomic E-state index is 0.0395. The third-order valence-corrected chi connectivity index (χ3v) is 5.12. The molecule has 1 rings (SSSR count). The summed E-state index contributed by atoms with van der Waals surface area (Å²) in [5, 5.41) is 9.10. The number of ether oxygens (including phenoxy) is 1. The summed E-state index contributed by atoms with van der Waals surface area (Å²) in [6, 6.07) is 6.08. The summed E-state index contributed by atoms with van der Waals surface area (Å²) < 4.78 is 5.05. The Morgan fingerprint density at radius 2 is 1.28 bits per heavy atom. The van der Waals surface area contributed by atoms with Crippen LogP contribution in [0.3, 0.4) is 0 Å². The molecule has 0 aliphatic carbocycles. The Hall–Kier alpha value is -2.10. The highest BCUT2D eigenvalue weighted by atomic mass is 16.5. The highest BCUT2D eigenvalue weighted by molar-refractivity contribution is 6.02. The van der Waals surface area contributed by atoms with Gasteiger partial charge in [0.2, 0.25) is 0 Å². The van der Waals surface area contributed by atoms with Gasteiger partial charge in [0.05, 0.1) is 17.4 Å². The molecule has 0 saturated carbocycles. The Kier molecular flexibility index (Phi) is 14.5. The van der Waals surface area contributed by atoms with E-state index in [4.69, 9.17) is 9.84 Å². The molecule has 0 amide bonds. The van der Waals surface area contributed by atoms with Crippen LogP contribution in [0.15, 0.2) is 36.6 Å². The predicted molar refractivity (Wildman–Crippen MR) is 118 cm³/mol. The van der Waals surface area contributed by atoms with Gasteiger partial charge in [0, 0.05) is 0 Å². The van der Waals surface area contributed by atoms with Crippen molar-refractivity contribution in [3.63, 3.8) is 0 Å². The number of esters is 1. The average molecular weight is 403 g/mol. The second-order valence-electron chi connectivity index (χ2n) is 7.66. The number of unbranched alkanes of at least 4 members (excludes halogenated alkanes) is 13. The van der Waals surface area contributed by atoms with Crippen LogP contribution in [0.1, 0.15) is 118 Å². The number of hydrogen-bond donors (Lipinski definition) is 1. The first kappa shape index (κ1) is 24.9. The van der Waals surface area contributed by atoms with Crippen LogP contribution in [0.2, 0.25) is 0 Å². The van der Waals surface area contributed by atoms with E-state index >= 15 is 0 Å². The maximum atomic E-state index is 12.0. The van der Waals surface area contributed by atoms with Gasteiger partial charge in [0.1, 0.15) is 0 Å². The average Bonchev–Trinajstić information content (AvgIpc) is 2.73. The van der Waals surface area contributed by atoms with E-state index < -0.39 is 11.9 Å². The number of hydrogen-bond acceptors (Lipinski definition) is 3. The molecular formula is C25H38O4. The Bertz CT molecular complexity index is 607. The van der Waals surface area contributed by atoms with Gasteiger partial charge in [0.25, 0.3) is 0 Å². The fraction of sp³-hybridized carbons (Fsp3) is 0.600. The van der Waals surface area contributed by atoms with E-state index in [0.717, 1.165) is 12.8 Å². The van der Waals surface area contributed by atoms with Crippen LogP contribution in [-0.4, -0.2) is 17.0 Å². The molecule has 0 bridgehead atoms. The molecule has 4 nitrogen and oxygen atoms in total. The SMILES string of the molecule is CCCCCCCCCCCCCCC/C=C/OC(=O)c1ccccc1C(=O)O. The molecule has 0 saturated heterocycles. The van der Waals surface area contributed by atoms with E-state index in [1.54, 1.807) is 12.1 Å². The molecule has 1 aromatic rings. The fourth-order valence-corrected chi connectivity index (χ4v) is 3.37. The van der Waals surface area contributed by atoms with Crippen LogP contribution in [0.5, 0.6) is 0 Å². The van der Waals surface area contributed by atoms with Crippen molar-refractivity contribution in [3.05, 3.63) is 47.7 Å². The minimum Gasteiger partial charge on any atom is -0.478 e. The normalized spacial score (nSPS) is 11.1. The van der Waals surface area contributed by atoms with Crippen molar-refractivity contribution in [2.24, 2.45) is 0 Å². The van der Waals surface area contributed by atoms with Crippen LogP contribution in [-0.2, 0) is 4.74 Å². The lowest BCUT2D eigenvalue weighted by molar-refractivity contribution is 0.0631. The number of rotatable bonds is 17. The number of allylic oxidation sites excluding steroid dienone is 1. The maximum Gasteiger partial charge on any atom is 0.343 e. The van der Waals surface area contributed by atoms with Gasteiger partial charge in [0.15, 0.2) is 0 Å². The zero-order valence-corrected chi connectivity index (χ0v) is 18.0. The lowest BCUT2D eigenvalue weighted by Crippen LogP contribution is -2.09. The van der Waals surface area contributed by atoms with Crippen LogP contribution in [0.25, 0.3) is 0 Å². The Morgan fingerprint density at radius 1 is 0.793 bits per heavy atom. The molecule has 0 heterocycles. The second-order valence-corrected chi connectivity index (χ2v) is 7.66. The van der Waals surface area contributed by atoms with Crippen molar-refractivity contribution in [1.82, 2.24) is 0 Å². The molecule has 4 heteroatoms. The van der Waals surface area contributed by atoms with Crippen LogP contribution < -0.4 is 0 Å². The van der Waals surface area contributed by atoms with Crippen molar-refractivity contribution < 1.29 is 19.4 Å². The third-order valence-electron chi connectivity index (χ3n) is 5.12. The number of carbonyl (C=O) groups excluding carboxylic acids is 1. The van der Waals surface area contributed by atoms with Crippen molar-refractivity contribution in [1.29, 1.82) is 0 Å². The number of carboxylic acid groups (broad SMARTS) is 1. The monoisotopic (exact) mass is 402 g/mol. The molecule has 0 aliphatic rings. The van der Waals surface area contributed by atoms with Gasteiger partial charge < -0.3 is 9.84 Å². The first-order valence-corrected chi connectivity index (χ1v) is 11.3. The molecule has 0 aromatic heterocycles. The topological polar surface area (TPSA) is 63.6 Å². The number of benzene rings is 1. The summed E-state index contributed by atoms with van der Waals surface area (Å²) in [5.41, 5.74) is 0.0352. The summed E-state index contributed by atoms with van der Waals surface area (Å²) >= 11 is 0. The van der Waals surface area contributed by atoms with Gasteiger partial charge in [-0.25, -0.2) is 9.59 Å². The zero-order valence-electron chi connectivity index (χ0n) is 18.0. The maximum absolute atomic E-state index is 12.0. The molecule has 0 fully saturated rings. The largest absolute Gasteiger partial charge is 0.478 e. The Balaban J connectivity index is 1.98. The lowest BCUT2D eigenvalue weighted by atomic mass is 10.0. The van der Waals surface area contributed by atoms with Gasteiger partial charge in [-0.3, -0.25) is 0 Å². The molecule has 162 valence electrons. The predicted octanol–water partition coefficient (Wildman–Crippen LogP) is 7.54. The summed E-state index contributed by atoms with van der Waals surface area (Å²) in [6.45, 7) is 2.26. The van der Waals surface area contributed by atoms with E-state index in [0.29, 0.717) is 0 Å². The van der Waals surface area contributed by atoms with Crippen molar-refractivity contribution in [2.45, 2.75) is 96.8 Å². The summed E-state index contributed by atoms with van der Waals surface area (Å²) in [7, 11) is 0. The minimum atomic E-state index is -1.13. The molecule has 1 N–H and O–H groups in total. The quantitative estimate of drug-likeness (QED) is 0.166. The van der Waals surface area contributed by atoms with E-state index in [1.165, 1.54) is 95.4 Å². The first-order chi connectivity index (χ1) is 14.2. The van der Waals surface area contributed by atoms with E-state index in [2.05, 4.69) is 6.92 Å². The fourth-order valence-electron chi connectivity index (χ4n) is 3.37. The summed E-state index contributed by atoms with van der Waals surface area (Å²) in [6.07, 6.45) is 21.3. The first-order valence-electron chi connectivity index (χ1n) is 11.3. The molecule has 0 aliphatic heterocycles. The zero-order chi connectivity index (χ0) is 21.2. The Morgan fingerprint density at radius 3 is 1.79 bits per heavy atom. The lowest BCUT2D eigenvalue weighted by Gasteiger charge is -2.03. The van der Waals surface area contributed by atoms with E-state index in [-0.39, 0.29) is 11.1 Å². The van der Waals surface area contributed by atoms with Crippen molar-refractivity contribution in [3.8, 4) is 0 Å². The molecular weight excluding hydrogens is 364 g/mol. The van der Waals surface area contributed by atoms with Crippen molar-refractivity contribution in [2.75, 3.05) is 0 Å². The highest BCUT2D eigenvalue weighted by Crippen LogP contribution is 2.13. The third kappa shape index (κ3) is 12.1. The van der Waals surface area contributed by atoms with Crippen LogP contribution >= 0.6 is 0 Å². The number of carboxylic acids is 1. The van der Waals surface area contributed by atoms with Gasteiger partial charge in [-0.1, -0.05) is 96.1 Å². The summed E-state index contributed by atoms with van der Waals surface area (Å²) in [4.78, 5) is 23.1. The number of carbonyl (C=O) groups is 2. The van der Waals surface area contributed by atoms with Gasteiger partial charge >= 0.3 is 11.9 Å². The molecule has 0 atom stereocenters. The molecule has 1 aromatic carbocycles. The van der Waals surface area contributed by atoms with Gasteiger partial charge in [-0.15, -0.1) is 0 Å². The second kappa shape index (κ2) is 16.8. The standard InChI is InChI=1S/C25H38O4/c1-2-3-4-5-6-7-8-9-10-11-12-13-14-15-18-21-29-25(28)23-20-17-16-19-22(23)24(26)27/h16-21H,2-15H2,1H3,(H,26,27)/b21-18+. The molecule has 0 spiro atoms. The molecule has 29 heavy (non-hydrogen) atoms. The number of aromatic carboxylic acids is 1. The van der Waals surface area contributed by atoms with Gasteiger partial charge in [-0.2, -0.15) is 0 Å². The highest BCUT2D eigenvalue weighted by Gasteiger charge is 2.16. The van der Waals surface area contributed by atoms with E-state index in [9.17, 15) is 9.59 Å². The molecule has 0 radical (unpaired) electrons. The van der Waals surface area contributed by atoms with Crippen molar-refractivity contribution >= 4 is 11.9 Å². The van der Waals surface area contributed by atoms with Crippen LogP contribution in [0.4, 0.5) is 0 Å². The van der Waals surface area contributed by atoms with E-state index in [1.807, 2.05) is 6.08 Å². The Labute approximate surface area is 176 Å². The van der Waals surface area contributed by atoms with Gasteiger partial charge in [-0.05, 0) is 31.1 Å². The smallest absolute Gasteiger partial charge is 0.343 e.